The molecule has 0 saturated carbocycles. The number of benzene rings is 1. The molecule has 2 aromatic heterocycles. The third-order valence-corrected chi connectivity index (χ3v) is 5.77. The predicted octanol–water partition coefficient (Wildman–Crippen LogP) is 2.66. The van der Waals surface area contributed by atoms with Gasteiger partial charge in [-0.1, -0.05) is 12.1 Å². The molecule has 12 heteroatoms. The highest BCUT2D eigenvalue weighted by atomic mass is 32.2. The highest BCUT2D eigenvalue weighted by Crippen LogP contribution is 2.31. The number of hydroxylamine groups is 1. The summed E-state index contributed by atoms with van der Waals surface area (Å²) in [6.45, 7) is 3.64. The van der Waals surface area contributed by atoms with E-state index in [2.05, 4.69) is 31.1 Å². The molecule has 0 radical (unpaired) electrons. The maximum atomic E-state index is 12.5. The molecular weight excluding hydrogens is 446 g/mol. The number of carbonyl (C=O) groups excluding carboxylic acids is 1. The lowest BCUT2D eigenvalue weighted by atomic mass is 10.2. The van der Waals surface area contributed by atoms with Gasteiger partial charge in [-0.25, -0.2) is 28.8 Å². The van der Waals surface area contributed by atoms with Crippen LogP contribution in [0.3, 0.4) is 0 Å². The predicted molar refractivity (Wildman–Crippen MR) is 126 cm³/mol. The third-order valence-electron chi connectivity index (χ3n) is 4.58. The summed E-state index contributed by atoms with van der Waals surface area (Å²) < 4.78 is 25.3. The van der Waals surface area contributed by atoms with Crippen molar-refractivity contribution in [2.24, 2.45) is 0 Å². The Morgan fingerprint density at radius 1 is 1.03 bits per heavy atom. The summed E-state index contributed by atoms with van der Waals surface area (Å²) in [5, 5.41) is 6.25. The third kappa shape index (κ3) is 5.93. The van der Waals surface area contributed by atoms with Crippen LogP contribution < -0.4 is 20.4 Å². The maximum Gasteiger partial charge on any atom is 0.278 e. The number of aromatic nitrogens is 3. The van der Waals surface area contributed by atoms with Crippen LogP contribution in [0.25, 0.3) is 0 Å². The van der Waals surface area contributed by atoms with Crippen molar-refractivity contribution in [2.75, 3.05) is 35.4 Å². The van der Waals surface area contributed by atoms with Crippen LogP contribution in [0.2, 0.25) is 0 Å². The largest absolute Gasteiger partial charge is 0.353 e. The summed E-state index contributed by atoms with van der Waals surface area (Å²) in [6, 6.07) is 10.2. The molecule has 174 valence electrons. The fourth-order valence-corrected chi connectivity index (χ4v) is 3.56. The number of pyridine rings is 1. The number of rotatable bonds is 8. The number of aryl methyl sites for hydroxylation is 2. The van der Waals surface area contributed by atoms with Crippen molar-refractivity contribution in [1.82, 2.24) is 20.4 Å². The Hall–Kier alpha value is -3.77. The molecule has 0 unspecified atom stereocenters. The van der Waals surface area contributed by atoms with E-state index in [1.807, 2.05) is 6.92 Å². The van der Waals surface area contributed by atoms with Crippen LogP contribution in [0.15, 0.2) is 42.6 Å². The maximum absolute atomic E-state index is 12.5. The fourth-order valence-electron chi connectivity index (χ4n) is 3.05. The van der Waals surface area contributed by atoms with Crippen LogP contribution in [0.4, 0.5) is 28.7 Å². The van der Waals surface area contributed by atoms with E-state index >= 15 is 0 Å². The second-order valence-corrected chi connectivity index (χ2v) is 9.20. The number of amides is 1. The number of hydrogen-bond acceptors (Lipinski definition) is 9. The Balaban J connectivity index is 2.04. The van der Waals surface area contributed by atoms with E-state index in [9.17, 15) is 13.2 Å². The van der Waals surface area contributed by atoms with Crippen molar-refractivity contribution in [3.63, 3.8) is 0 Å². The van der Waals surface area contributed by atoms with Crippen LogP contribution in [0.1, 0.15) is 21.9 Å². The molecule has 0 atom stereocenters. The number of anilines is 5. The minimum atomic E-state index is -3.51. The zero-order valence-corrected chi connectivity index (χ0v) is 19.7. The molecule has 0 aliphatic rings. The molecule has 0 spiro atoms. The number of carbonyl (C=O) groups is 1. The summed E-state index contributed by atoms with van der Waals surface area (Å²) >= 11 is 0. The number of sulfonamides is 1. The molecule has 0 saturated heterocycles. The van der Waals surface area contributed by atoms with Gasteiger partial charge in [-0.15, -0.1) is 0 Å². The van der Waals surface area contributed by atoms with E-state index in [0.717, 1.165) is 16.3 Å². The van der Waals surface area contributed by atoms with Crippen LogP contribution >= 0.6 is 0 Å². The molecular formula is C21H25N7O4S. The Kier molecular flexibility index (Phi) is 7.09. The summed E-state index contributed by atoms with van der Waals surface area (Å²) in [7, 11) is -0.732. The second-order valence-electron chi connectivity index (χ2n) is 7.19. The molecule has 3 aromatic rings. The molecule has 1 aromatic carbocycles. The van der Waals surface area contributed by atoms with Crippen molar-refractivity contribution < 1.29 is 18.0 Å². The number of para-hydroxylation sites is 2. The molecule has 11 nitrogen and oxygen atoms in total. The van der Waals surface area contributed by atoms with Crippen molar-refractivity contribution in [1.29, 1.82) is 0 Å². The molecule has 33 heavy (non-hydrogen) atoms. The van der Waals surface area contributed by atoms with E-state index in [4.69, 9.17) is 4.84 Å². The average Bonchev–Trinajstić information content (AvgIpc) is 2.72. The van der Waals surface area contributed by atoms with Crippen molar-refractivity contribution >= 4 is 44.6 Å². The molecule has 0 aliphatic carbocycles. The highest BCUT2D eigenvalue weighted by Gasteiger charge is 2.19. The second kappa shape index (κ2) is 9.79. The Morgan fingerprint density at radius 3 is 2.42 bits per heavy atom. The smallest absolute Gasteiger partial charge is 0.278 e. The molecule has 3 rings (SSSR count). The lowest BCUT2D eigenvalue weighted by Crippen LogP contribution is -2.26. The lowest BCUT2D eigenvalue weighted by molar-refractivity contribution is 0.0538. The first-order valence-electron chi connectivity index (χ1n) is 9.81. The average molecular weight is 472 g/mol. The van der Waals surface area contributed by atoms with Crippen LogP contribution in [-0.2, 0) is 14.9 Å². The minimum absolute atomic E-state index is 0.189. The summed E-state index contributed by atoms with van der Waals surface area (Å²) in [5.41, 5.74) is 4.50. The molecule has 3 N–H and O–H groups in total. The summed E-state index contributed by atoms with van der Waals surface area (Å²) in [6.07, 6.45) is 2.49. The Labute approximate surface area is 192 Å². The van der Waals surface area contributed by atoms with Gasteiger partial charge >= 0.3 is 0 Å². The van der Waals surface area contributed by atoms with E-state index < -0.39 is 15.9 Å². The van der Waals surface area contributed by atoms with Gasteiger partial charge in [0.25, 0.3) is 5.91 Å². The first-order valence-corrected chi connectivity index (χ1v) is 11.7. The first-order chi connectivity index (χ1) is 15.6. The van der Waals surface area contributed by atoms with Gasteiger partial charge in [0.05, 0.1) is 36.0 Å². The number of nitrogens with one attached hydrogen (secondary N) is 3. The Bertz CT molecular complexity index is 1260. The van der Waals surface area contributed by atoms with E-state index in [0.29, 0.717) is 34.5 Å². The van der Waals surface area contributed by atoms with Crippen molar-refractivity contribution in [3.05, 3.63) is 59.7 Å². The van der Waals surface area contributed by atoms with E-state index in [1.54, 1.807) is 43.3 Å². The van der Waals surface area contributed by atoms with Crippen molar-refractivity contribution in [3.8, 4) is 0 Å². The van der Waals surface area contributed by atoms with E-state index in [-0.39, 0.29) is 5.56 Å². The molecule has 2 heterocycles. The monoisotopic (exact) mass is 471 g/mol. The number of nitrogens with zero attached hydrogens (tertiary/aromatic N) is 4. The molecule has 0 aliphatic heterocycles. The van der Waals surface area contributed by atoms with Crippen LogP contribution in [0.5, 0.6) is 0 Å². The van der Waals surface area contributed by atoms with Gasteiger partial charge in [-0.3, -0.25) is 13.9 Å². The van der Waals surface area contributed by atoms with Crippen molar-refractivity contribution in [2.45, 2.75) is 13.8 Å². The standard InChI is InChI=1S/C21H25N7O4S/c1-13-10-20(24-14(2)23-13)26-19-11-17(15(12-22-19)21(29)27-32-4)25-16-8-6-7-9-18(16)28(3)33(5,30)31/h6-12H,1-5H3,(H,27,29)(H2,22,23,24,25,26). The van der Waals surface area contributed by atoms with Gasteiger partial charge in [0, 0.05) is 31.1 Å². The van der Waals surface area contributed by atoms with Gasteiger partial charge < -0.3 is 10.6 Å². The SMILES string of the molecule is CONC(=O)c1cnc(Nc2cc(C)nc(C)n2)cc1Nc1ccccc1N(C)S(C)(=O)=O. The number of hydrogen-bond donors (Lipinski definition) is 3. The van der Waals surface area contributed by atoms with Crippen LogP contribution in [-0.4, -0.2) is 49.7 Å². The van der Waals surface area contributed by atoms with Gasteiger partial charge in [-0.05, 0) is 26.0 Å². The first kappa shape index (κ1) is 23.9. The summed E-state index contributed by atoms with van der Waals surface area (Å²) in [5.74, 6) is 1.04. The van der Waals surface area contributed by atoms with Gasteiger partial charge in [0.15, 0.2) is 0 Å². The molecule has 0 bridgehead atoms. The fraction of sp³-hybridized carbons (Fsp3) is 0.238. The lowest BCUT2D eigenvalue weighted by Gasteiger charge is -2.22. The zero-order valence-electron chi connectivity index (χ0n) is 18.9. The topological polar surface area (TPSA) is 138 Å². The minimum Gasteiger partial charge on any atom is -0.353 e. The molecule has 0 fully saturated rings. The van der Waals surface area contributed by atoms with Crippen LogP contribution in [0, 0.1) is 13.8 Å². The zero-order chi connectivity index (χ0) is 24.2. The highest BCUT2D eigenvalue weighted by molar-refractivity contribution is 7.92. The van der Waals surface area contributed by atoms with Gasteiger partial charge in [0.2, 0.25) is 10.0 Å². The van der Waals surface area contributed by atoms with Gasteiger partial charge in [0.1, 0.15) is 17.5 Å². The van der Waals surface area contributed by atoms with Gasteiger partial charge in [-0.2, -0.15) is 0 Å². The molecule has 1 amide bonds. The quantitative estimate of drug-likeness (QED) is 0.423. The summed E-state index contributed by atoms with van der Waals surface area (Å²) in [4.78, 5) is 30.2. The Morgan fingerprint density at radius 2 is 1.76 bits per heavy atom. The van der Waals surface area contributed by atoms with E-state index in [1.165, 1.54) is 20.4 Å². The normalized spacial score (nSPS) is 11.1.